The van der Waals surface area contributed by atoms with Crippen LogP contribution in [-0.2, 0) is 11.2 Å². The number of aryl methyl sites for hydroxylation is 1. The predicted molar refractivity (Wildman–Crippen MR) is 113 cm³/mol. The Kier molecular flexibility index (Phi) is 6.95. The van der Waals surface area contributed by atoms with E-state index in [1.165, 1.54) is 12.3 Å². The molecule has 0 aliphatic carbocycles. The molecule has 0 fully saturated rings. The largest absolute Gasteiger partial charge is 0.441 e. The monoisotopic (exact) mass is 409 g/mol. The molecule has 156 valence electrons. The van der Waals surface area contributed by atoms with Crippen LogP contribution in [0.3, 0.4) is 0 Å². The summed E-state index contributed by atoms with van der Waals surface area (Å²) in [6.45, 7) is 5.09. The van der Waals surface area contributed by atoms with Crippen LogP contribution in [0.2, 0.25) is 0 Å². The summed E-state index contributed by atoms with van der Waals surface area (Å²) < 4.78 is 19.4. The molecule has 0 radical (unpaired) electrons. The van der Waals surface area contributed by atoms with Crippen LogP contribution in [0.25, 0.3) is 11.3 Å². The Balaban J connectivity index is 1.59. The third-order valence-corrected chi connectivity index (χ3v) is 4.70. The molecule has 0 aliphatic heterocycles. The van der Waals surface area contributed by atoms with Crippen LogP contribution in [0.4, 0.5) is 10.1 Å². The highest BCUT2D eigenvalue weighted by molar-refractivity contribution is 5.97. The maximum atomic E-state index is 13.8. The highest BCUT2D eigenvalue weighted by Crippen LogP contribution is 2.23. The number of benzene rings is 2. The number of oxazole rings is 1. The maximum Gasteiger partial charge on any atom is 0.253 e. The number of nitrogens with one attached hydrogen (secondary N) is 1. The maximum absolute atomic E-state index is 13.8. The minimum Gasteiger partial charge on any atom is -0.441 e. The van der Waals surface area contributed by atoms with Gasteiger partial charge in [-0.05, 0) is 44.2 Å². The van der Waals surface area contributed by atoms with Crippen molar-refractivity contribution >= 4 is 17.5 Å². The average molecular weight is 409 g/mol. The van der Waals surface area contributed by atoms with E-state index in [0.717, 1.165) is 0 Å². The van der Waals surface area contributed by atoms with E-state index < -0.39 is 5.82 Å². The first-order valence-corrected chi connectivity index (χ1v) is 9.90. The second-order valence-corrected chi connectivity index (χ2v) is 6.70. The van der Waals surface area contributed by atoms with Crippen molar-refractivity contribution in [1.82, 2.24) is 9.88 Å². The van der Waals surface area contributed by atoms with Gasteiger partial charge in [-0.1, -0.05) is 18.2 Å². The lowest BCUT2D eigenvalue weighted by Gasteiger charge is -2.19. The van der Waals surface area contributed by atoms with Crippen LogP contribution < -0.4 is 5.32 Å². The Morgan fingerprint density at radius 2 is 1.87 bits per heavy atom. The fraction of sp³-hybridized carbons (Fsp3) is 0.261. The topological polar surface area (TPSA) is 75.4 Å². The molecule has 0 unspecified atom stereocenters. The van der Waals surface area contributed by atoms with Crippen molar-refractivity contribution in [2.75, 3.05) is 18.4 Å². The van der Waals surface area contributed by atoms with Crippen LogP contribution in [0.15, 0.2) is 59.1 Å². The lowest BCUT2D eigenvalue weighted by Crippen LogP contribution is -2.30. The van der Waals surface area contributed by atoms with E-state index in [1.54, 1.807) is 47.4 Å². The number of carbonyl (C=O) groups excluding carboxylic acids is 2. The predicted octanol–water partition coefficient (Wildman–Crippen LogP) is 4.53. The van der Waals surface area contributed by atoms with Gasteiger partial charge in [0.15, 0.2) is 11.7 Å². The molecule has 3 aromatic rings. The number of anilines is 1. The van der Waals surface area contributed by atoms with Crippen molar-refractivity contribution < 1.29 is 18.4 Å². The molecule has 3 rings (SSSR count). The first-order valence-electron chi connectivity index (χ1n) is 9.90. The third-order valence-electron chi connectivity index (χ3n) is 4.70. The Bertz CT molecular complexity index is 1030. The van der Waals surface area contributed by atoms with E-state index >= 15 is 0 Å². The standard InChI is InChI=1S/C23H24FN3O3/c1-3-27(4-2)23(29)16-8-7-9-17(14-16)26-21(28)12-13-22-25-15-20(30-22)18-10-5-6-11-19(18)24/h5-11,14-15H,3-4,12-13H2,1-2H3,(H,26,28). The zero-order chi connectivity index (χ0) is 21.5. The summed E-state index contributed by atoms with van der Waals surface area (Å²) in [7, 11) is 0. The van der Waals surface area contributed by atoms with Crippen LogP contribution in [0.1, 0.15) is 36.5 Å². The van der Waals surface area contributed by atoms with Gasteiger partial charge in [-0.25, -0.2) is 9.37 Å². The Morgan fingerprint density at radius 1 is 1.10 bits per heavy atom. The van der Waals surface area contributed by atoms with Gasteiger partial charge in [0, 0.05) is 37.2 Å². The molecule has 6 nitrogen and oxygen atoms in total. The molecule has 0 spiro atoms. The summed E-state index contributed by atoms with van der Waals surface area (Å²) in [5.41, 5.74) is 1.41. The lowest BCUT2D eigenvalue weighted by atomic mass is 10.1. The van der Waals surface area contributed by atoms with E-state index in [1.807, 2.05) is 13.8 Å². The second kappa shape index (κ2) is 9.82. The normalized spacial score (nSPS) is 10.6. The van der Waals surface area contributed by atoms with Crippen molar-refractivity contribution in [2.45, 2.75) is 26.7 Å². The first-order chi connectivity index (χ1) is 14.5. The number of rotatable bonds is 8. The quantitative estimate of drug-likeness (QED) is 0.593. The number of nitrogens with zero attached hydrogens (tertiary/aromatic N) is 2. The summed E-state index contributed by atoms with van der Waals surface area (Å²) in [5, 5.41) is 2.79. The van der Waals surface area contributed by atoms with E-state index in [4.69, 9.17) is 4.42 Å². The third kappa shape index (κ3) is 5.11. The minimum atomic E-state index is -0.392. The number of aromatic nitrogens is 1. The molecule has 0 bridgehead atoms. The minimum absolute atomic E-state index is 0.0726. The number of amides is 2. The van der Waals surface area contributed by atoms with Crippen molar-refractivity contribution in [3.8, 4) is 11.3 Å². The summed E-state index contributed by atoms with van der Waals surface area (Å²) in [6, 6.07) is 13.1. The van der Waals surface area contributed by atoms with Gasteiger partial charge >= 0.3 is 0 Å². The molecule has 1 aromatic heterocycles. The molecule has 1 heterocycles. The Hall–Kier alpha value is -3.48. The van der Waals surface area contributed by atoms with Crippen molar-refractivity contribution in [1.29, 1.82) is 0 Å². The molecule has 2 aromatic carbocycles. The van der Waals surface area contributed by atoms with E-state index in [2.05, 4.69) is 10.3 Å². The summed E-state index contributed by atoms with van der Waals surface area (Å²) in [4.78, 5) is 30.6. The lowest BCUT2D eigenvalue weighted by molar-refractivity contribution is -0.116. The van der Waals surface area contributed by atoms with Crippen molar-refractivity contribution in [3.05, 3.63) is 72.0 Å². The van der Waals surface area contributed by atoms with Gasteiger partial charge in [-0.15, -0.1) is 0 Å². The van der Waals surface area contributed by atoms with Gasteiger partial charge in [0.2, 0.25) is 5.91 Å². The molecule has 2 amide bonds. The molecular weight excluding hydrogens is 385 g/mol. The summed E-state index contributed by atoms with van der Waals surface area (Å²) in [5.74, 6) is -0.0123. The fourth-order valence-corrected chi connectivity index (χ4v) is 3.08. The smallest absolute Gasteiger partial charge is 0.253 e. The second-order valence-electron chi connectivity index (χ2n) is 6.70. The van der Waals surface area contributed by atoms with Gasteiger partial charge < -0.3 is 14.6 Å². The summed E-state index contributed by atoms with van der Waals surface area (Å²) in [6.07, 6.45) is 1.87. The van der Waals surface area contributed by atoms with Gasteiger partial charge in [-0.2, -0.15) is 0 Å². The van der Waals surface area contributed by atoms with Gasteiger partial charge in [0.25, 0.3) is 5.91 Å². The molecule has 0 saturated heterocycles. The molecule has 0 atom stereocenters. The molecular formula is C23H24FN3O3. The van der Waals surface area contributed by atoms with E-state index in [-0.39, 0.29) is 24.7 Å². The van der Waals surface area contributed by atoms with Crippen molar-refractivity contribution in [2.24, 2.45) is 0 Å². The van der Waals surface area contributed by atoms with E-state index in [9.17, 15) is 14.0 Å². The van der Waals surface area contributed by atoms with Gasteiger partial charge in [0.1, 0.15) is 5.82 Å². The Labute approximate surface area is 174 Å². The van der Waals surface area contributed by atoms with Gasteiger partial charge in [-0.3, -0.25) is 9.59 Å². The number of halogens is 1. The van der Waals surface area contributed by atoms with Crippen molar-refractivity contribution in [3.63, 3.8) is 0 Å². The van der Waals surface area contributed by atoms with Crippen LogP contribution in [0.5, 0.6) is 0 Å². The van der Waals surface area contributed by atoms with E-state index in [0.29, 0.717) is 41.6 Å². The first kappa shape index (κ1) is 21.2. The molecule has 7 heteroatoms. The molecule has 30 heavy (non-hydrogen) atoms. The zero-order valence-electron chi connectivity index (χ0n) is 17.0. The van der Waals surface area contributed by atoms with Crippen LogP contribution in [-0.4, -0.2) is 34.8 Å². The Morgan fingerprint density at radius 3 is 2.60 bits per heavy atom. The fourth-order valence-electron chi connectivity index (χ4n) is 3.08. The average Bonchev–Trinajstić information content (AvgIpc) is 3.22. The highest BCUT2D eigenvalue weighted by Gasteiger charge is 2.14. The highest BCUT2D eigenvalue weighted by atomic mass is 19.1. The molecule has 1 N–H and O–H groups in total. The zero-order valence-corrected chi connectivity index (χ0v) is 17.0. The number of hydrogen-bond acceptors (Lipinski definition) is 4. The SMILES string of the molecule is CCN(CC)C(=O)c1cccc(NC(=O)CCc2ncc(-c3ccccc3F)o2)c1. The molecule has 0 aliphatic rings. The number of hydrogen-bond donors (Lipinski definition) is 1. The van der Waals surface area contributed by atoms with Crippen LogP contribution in [0, 0.1) is 5.82 Å². The number of carbonyl (C=O) groups is 2. The van der Waals surface area contributed by atoms with Gasteiger partial charge in [0.05, 0.1) is 11.8 Å². The van der Waals surface area contributed by atoms with Crippen LogP contribution >= 0.6 is 0 Å². The summed E-state index contributed by atoms with van der Waals surface area (Å²) >= 11 is 0. The molecule has 0 saturated carbocycles.